The number of hydrogen-bond donors (Lipinski definition) is 4. The number of carboxylic acid groups (broad SMARTS) is 3. The fourth-order valence-electron chi connectivity index (χ4n) is 0.714. The second-order valence-corrected chi connectivity index (χ2v) is 3.23. The van der Waals surface area contributed by atoms with E-state index in [1.807, 2.05) is 0 Å². The molecule has 0 unspecified atom stereocenters. The SMILES string of the molecule is O=C(O)CC(O)(CC(=O)O)C(=O)O.O=[Si]([O-])[O-].[Na+].[Na+]. The van der Waals surface area contributed by atoms with Gasteiger partial charge in [0.25, 0.3) is 0 Å². The van der Waals surface area contributed by atoms with Crippen molar-refractivity contribution in [3.8, 4) is 0 Å². The molecular weight excluding hydrogens is 306 g/mol. The molecule has 0 amide bonds. The summed E-state index contributed by atoms with van der Waals surface area (Å²) in [7, 11) is -3.63. The molecule has 13 heteroatoms. The molecule has 0 aliphatic rings. The van der Waals surface area contributed by atoms with Gasteiger partial charge in [-0.1, -0.05) is 0 Å². The summed E-state index contributed by atoms with van der Waals surface area (Å²) in [4.78, 5) is 47.5. The molecule has 0 atom stereocenters. The number of hydrogen-bond acceptors (Lipinski definition) is 7. The molecule has 19 heavy (non-hydrogen) atoms. The first-order chi connectivity index (χ1) is 7.51. The van der Waals surface area contributed by atoms with E-state index < -0.39 is 45.5 Å². The molecule has 0 fully saturated rings. The summed E-state index contributed by atoms with van der Waals surface area (Å²) in [5.74, 6) is -5.02. The van der Waals surface area contributed by atoms with Crippen LogP contribution in [0.2, 0.25) is 0 Å². The predicted octanol–water partition coefficient (Wildman–Crippen LogP) is -10.1. The van der Waals surface area contributed by atoms with Crippen LogP contribution in [0.5, 0.6) is 0 Å². The Hall–Kier alpha value is -0.0131. The zero-order chi connectivity index (χ0) is 14.2. The van der Waals surface area contributed by atoms with Crippen molar-refractivity contribution in [1.82, 2.24) is 0 Å². The Balaban J connectivity index is -0.000000165. The largest absolute Gasteiger partial charge is 1.00 e. The van der Waals surface area contributed by atoms with Gasteiger partial charge in [-0.25, -0.2) is 4.79 Å². The quantitative estimate of drug-likeness (QED) is 0.353. The third-order valence-electron chi connectivity index (χ3n) is 1.29. The van der Waals surface area contributed by atoms with Crippen LogP contribution < -0.4 is 68.7 Å². The summed E-state index contributed by atoms with van der Waals surface area (Å²) in [6, 6.07) is 0. The Morgan fingerprint density at radius 2 is 1.16 bits per heavy atom. The molecule has 0 aromatic rings. The summed E-state index contributed by atoms with van der Waals surface area (Å²) in [5, 5.41) is 33.8. The first kappa shape index (κ1) is 27.3. The molecule has 0 aromatic heterocycles. The van der Waals surface area contributed by atoms with Gasteiger partial charge in [0.05, 0.1) is 12.8 Å². The van der Waals surface area contributed by atoms with Crippen LogP contribution in [0.4, 0.5) is 0 Å². The van der Waals surface area contributed by atoms with Crippen LogP contribution in [0.1, 0.15) is 12.8 Å². The van der Waals surface area contributed by atoms with E-state index in [4.69, 9.17) is 34.5 Å². The van der Waals surface area contributed by atoms with Crippen molar-refractivity contribution in [2.24, 2.45) is 0 Å². The second kappa shape index (κ2) is 13.0. The summed E-state index contributed by atoms with van der Waals surface area (Å²) >= 11 is 0. The van der Waals surface area contributed by atoms with Gasteiger partial charge in [0.15, 0.2) is 5.60 Å². The molecule has 0 aliphatic carbocycles. The maximum Gasteiger partial charge on any atom is 1.00 e. The standard InChI is InChI=1S/C6H8O7.2Na.O3Si/c7-3(8)1-6(13,5(11)12)2-4(9)10;;;1-4(2)3/h13H,1-2H2,(H,7,8)(H,9,10)(H,11,12);;;/q;2*+1;-2. The van der Waals surface area contributed by atoms with Gasteiger partial charge in [-0.3, -0.25) is 9.59 Å². The molecule has 10 nitrogen and oxygen atoms in total. The minimum Gasteiger partial charge on any atom is -0.672 e. The Morgan fingerprint density at radius 1 is 0.947 bits per heavy atom. The van der Waals surface area contributed by atoms with E-state index in [-0.39, 0.29) is 59.1 Å². The maximum atomic E-state index is 10.3. The van der Waals surface area contributed by atoms with Gasteiger partial charge in [-0.2, -0.15) is 0 Å². The van der Waals surface area contributed by atoms with Crippen LogP contribution in [0.15, 0.2) is 0 Å². The van der Waals surface area contributed by atoms with Crippen LogP contribution in [0, 0.1) is 0 Å². The van der Waals surface area contributed by atoms with Crippen molar-refractivity contribution in [1.29, 1.82) is 0 Å². The molecular formula is C6H8Na2O10Si. The van der Waals surface area contributed by atoms with E-state index in [1.165, 1.54) is 0 Å². The fraction of sp³-hybridized carbons (Fsp3) is 0.500. The van der Waals surface area contributed by atoms with Crippen molar-refractivity contribution >= 4 is 27.1 Å². The molecule has 0 aromatic carbocycles. The molecule has 0 saturated heterocycles. The van der Waals surface area contributed by atoms with Crippen LogP contribution in [0.25, 0.3) is 0 Å². The Bertz CT molecular complexity index is 312. The topological polar surface area (TPSA) is 195 Å². The van der Waals surface area contributed by atoms with Crippen molar-refractivity contribution in [2.45, 2.75) is 18.4 Å². The Labute approximate surface area is 152 Å². The number of aliphatic hydroxyl groups is 1. The number of aliphatic carboxylic acids is 3. The Morgan fingerprint density at radius 3 is 1.26 bits per heavy atom. The van der Waals surface area contributed by atoms with Crippen LogP contribution in [-0.4, -0.2) is 53.1 Å². The predicted molar refractivity (Wildman–Crippen MR) is 43.5 cm³/mol. The number of carbonyl (C=O) groups is 3. The number of carboxylic acids is 3. The molecule has 0 spiro atoms. The zero-order valence-electron chi connectivity index (χ0n) is 10.2. The fourth-order valence-corrected chi connectivity index (χ4v) is 0.714. The summed E-state index contributed by atoms with van der Waals surface area (Å²) < 4.78 is 8.52. The minimum absolute atomic E-state index is 0. The molecule has 0 saturated carbocycles. The van der Waals surface area contributed by atoms with Gasteiger partial charge < -0.3 is 34.5 Å². The van der Waals surface area contributed by atoms with E-state index in [2.05, 4.69) is 0 Å². The Kier molecular flexibility index (Phi) is 18.7. The molecule has 0 heterocycles. The van der Waals surface area contributed by atoms with Crippen LogP contribution in [0.3, 0.4) is 0 Å². The average molecular weight is 314 g/mol. The van der Waals surface area contributed by atoms with Crippen molar-refractivity contribution in [2.75, 3.05) is 0 Å². The smallest absolute Gasteiger partial charge is 0.672 e. The second-order valence-electron chi connectivity index (χ2n) is 2.73. The van der Waals surface area contributed by atoms with Gasteiger partial charge in [0.1, 0.15) is 0 Å². The van der Waals surface area contributed by atoms with Gasteiger partial charge in [-0.05, 0) is 0 Å². The van der Waals surface area contributed by atoms with E-state index in [9.17, 15) is 14.4 Å². The first-order valence-corrected chi connectivity index (χ1v) is 5.01. The molecule has 0 radical (unpaired) electrons. The molecule has 0 aliphatic heterocycles. The summed E-state index contributed by atoms with van der Waals surface area (Å²) in [6.07, 6.45) is -2.29. The minimum atomic E-state index is -3.63. The average Bonchev–Trinajstić information content (AvgIpc) is 1.98. The molecule has 4 N–H and O–H groups in total. The molecule has 0 rings (SSSR count). The van der Waals surface area contributed by atoms with E-state index in [0.29, 0.717) is 0 Å². The van der Waals surface area contributed by atoms with Gasteiger partial charge in [0.2, 0.25) is 0 Å². The van der Waals surface area contributed by atoms with Gasteiger partial charge in [-0.15, -0.1) is 0 Å². The monoisotopic (exact) mass is 314 g/mol. The first-order valence-electron chi connectivity index (χ1n) is 3.78. The van der Waals surface area contributed by atoms with Gasteiger partial charge >= 0.3 is 77.0 Å². The third kappa shape index (κ3) is 18.0. The van der Waals surface area contributed by atoms with E-state index >= 15 is 0 Å². The molecule has 0 bridgehead atoms. The van der Waals surface area contributed by atoms with E-state index in [0.717, 1.165) is 0 Å². The summed E-state index contributed by atoms with van der Waals surface area (Å²) in [5.41, 5.74) is -2.74. The molecule has 98 valence electrons. The zero-order valence-corrected chi connectivity index (χ0v) is 15.2. The van der Waals surface area contributed by atoms with Crippen molar-refractivity contribution < 1.29 is 108 Å². The summed E-state index contributed by atoms with van der Waals surface area (Å²) in [6.45, 7) is 0. The van der Waals surface area contributed by atoms with Crippen LogP contribution >= 0.6 is 0 Å². The van der Waals surface area contributed by atoms with Crippen LogP contribution in [-0.2, 0) is 18.8 Å². The van der Waals surface area contributed by atoms with Crippen molar-refractivity contribution in [3.63, 3.8) is 0 Å². The maximum absolute atomic E-state index is 10.3. The number of rotatable bonds is 5. The normalized spacial score (nSPS) is 8.68. The van der Waals surface area contributed by atoms with Gasteiger partial charge in [0, 0.05) is 9.17 Å². The van der Waals surface area contributed by atoms with Crippen molar-refractivity contribution in [3.05, 3.63) is 0 Å². The third-order valence-corrected chi connectivity index (χ3v) is 1.29. The van der Waals surface area contributed by atoms with E-state index in [1.54, 1.807) is 0 Å².